The Morgan fingerprint density at radius 2 is 2.38 bits per heavy atom. The number of ether oxygens (including phenoxy) is 1. The van der Waals surface area contributed by atoms with Gasteiger partial charge in [-0.1, -0.05) is 6.92 Å². The summed E-state index contributed by atoms with van der Waals surface area (Å²) in [6.45, 7) is 3.50. The summed E-state index contributed by atoms with van der Waals surface area (Å²) < 4.78 is 6.49. The van der Waals surface area contributed by atoms with Crippen molar-refractivity contribution in [2.45, 2.75) is 32.9 Å². The highest BCUT2D eigenvalue weighted by atomic mass is 16.6. The molecule has 0 aliphatic carbocycles. The fourth-order valence-corrected chi connectivity index (χ4v) is 1.43. The van der Waals surface area contributed by atoms with Crippen molar-refractivity contribution in [2.24, 2.45) is 0 Å². The third kappa shape index (κ3) is 3.08. The van der Waals surface area contributed by atoms with Crippen LogP contribution in [0.25, 0.3) is 0 Å². The fourth-order valence-electron chi connectivity index (χ4n) is 1.43. The smallest absolute Gasteiger partial charge is 0.323 e. The number of rotatable bonds is 5. The maximum absolute atomic E-state index is 10.8. The zero-order valence-corrected chi connectivity index (χ0v) is 9.25. The maximum Gasteiger partial charge on any atom is 0.323 e. The molecular formula is C10H14N2O4. The van der Waals surface area contributed by atoms with Crippen LogP contribution in [0.5, 0.6) is 0 Å². The number of aromatic nitrogens is 1. The quantitative estimate of drug-likeness (QED) is 0.435. The molecule has 1 atom stereocenters. The number of nitro groups is 1. The van der Waals surface area contributed by atoms with Crippen molar-refractivity contribution in [2.75, 3.05) is 0 Å². The Balaban J connectivity index is 2.73. The summed E-state index contributed by atoms with van der Waals surface area (Å²) in [4.78, 5) is 21.0. The minimum Gasteiger partial charge on any atom is -0.458 e. The molecule has 6 heteroatoms. The number of carbonyl (C=O) groups excluding carboxylic acids is 1. The topological polar surface area (TPSA) is 74.4 Å². The van der Waals surface area contributed by atoms with Crippen LogP contribution in [0.3, 0.4) is 0 Å². The van der Waals surface area contributed by atoms with Crippen LogP contribution in [0.4, 0.5) is 5.82 Å². The predicted octanol–water partition coefficient (Wildman–Crippen LogP) is 1.74. The minimum atomic E-state index is -0.458. The van der Waals surface area contributed by atoms with Crippen molar-refractivity contribution in [3.8, 4) is 0 Å². The van der Waals surface area contributed by atoms with Crippen molar-refractivity contribution >= 4 is 11.8 Å². The van der Waals surface area contributed by atoms with E-state index in [0.717, 1.165) is 0 Å². The van der Waals surface area contributed by atoms with Crippen molar-refractivity contribution < 1.29 is 14.5 Å². The Morgan fingerprint density at radius 1 is 1.69 bits per heavy atom. The van der Waals surface area contributed by atoms with Gasteiger partial charge in [-0.05, 0) is 17.4 Å². The highest BCUT2D eigenvalue weighted by molar-refractivity contribution is 5.66. The van der Waals surface area contributed by atoms with Crippen LogP contribution in [0.2, 0.25) is 0 Å². The van der Waals surface area contributed by atoms with Gasteiger partial charge in [0.25, 0.3) is 0 Å². The van der Waals surface area contributed by atoms with Gasteiger partial charge in [0.1, 0.15) is 12.6 Å². The van der Waals surface area contributed by atoms with E-state index >= 15 is 0 Å². The molecule has 88 valence electrons. The number of hydrogen-bond donors (Lipinski definition) is 0. The molecule has 0 saturated carbocycles. The molecule has 0 fully saturated rings. The van der Waals surface area contributed by atoms with E-state index in [1.165, 1.54) is 17.6 Å². The standard InChI is InChI=1S/C10H14N2O4/c1-3-9(16-8(2)13)7-11-6-4-5-10(11)12(14)15/h4-6,9H,3,7H2,1-2H3. The summed E-state index contributed by atoms with van der Waals surface area (Å²) in [5.74, 6) is -0.368. The largest absolute Gasteiger partial charge is 0.458 e. The lowest BCUT2D eigenvalue weighted by Gasteiger charge is -2.13. The highest BCUT2D eigenvalue weighted by Crippen LogP contribution is 2.14. The molecule has 1 aromatic heterocycles. The Bertz CT molecular complexity index is 386. The van der Waals surface area contributed by atoms with E-state index in [-0.39, 0.29) is 17.9 Å². The second kappa shape index (κ2) is 5.29. The van der Waals surface area contributed by atoms with Gasteiger partial charge in [-0.15, -0.1) is 0 Å². The van der Waals surface area contributed by atoms with E-state index in [2.05, 4.69) is 0 Å². The van der Waals surface area contributed by atoms with Gasteiger partial charge >= 0.3 is 11.8 Å². The first-order valence-corrected chi connectivity index (χ1v) is 5.01. The summed E-state index contributed by atoms with van der Waals surface area (Å²) in [5, 5.41) is 10.7. The molecular weight excluding hydrogens is 212 g/mol. The molecule has 0 N–H and O–H groups in total. The molecule has 1 aromatic rings. The SMILES string of the molecule is CCC(Cn1cccc1[N+](=O)[O-])OC(C)=O. The van der Waals surface area contributed by atoms with Crippen molar-refractivity contribution in [1.29, 1.82) is 0 Å². The van der Waals surface area contributed by atoms with Gasteiger partial charge in [0.2, 0.25) is 0 Å². The maximum atomic E-state index is 10.8. The van der Waals surface area contributed by atoms with Gasteiger partial charge in [-0.2, -0.15) is 0 Å². The molecule has 0 saturated heterocycles. The van der Waals surface area contributed by atoms with Crippen LogP contribution in [-0.2, 0) is 16.1 Å². The zero-order chi connectivity index (χ0) is 12.1. The Morgan fingerprint density at radius 3 is 2.88 bits per heavy atom. The summed E-state index contributed by atoms with van der Waals surface area (Å²) in [5.41, 5.74) is 0. The summed E-state index contributed by atoms with van der Waals surface area (Å²) in [7, 11) is 0. The summed E-state index contributed by atoms with van der Waals surface area (Å²) in [6, 6.07) is 3.01. The second-order valence-corrected chi connectivity index (χ2v) is 3.42. The second-order valence-electron chi connectivity index (χ2n) is 3.42. The Labute approximate surface area is 93.0 Å². The van der Waals surface area contributed by atoms with Crippen LogP contribution in [-0.4, -0.2) is 21.6 Å². The third-order valence-corrected chi connectivity index (χ3v) is 2.18. The van der Waals surface area contributed by atoms with E-state index in [0.29, 0.717) is 13.0 Å². The molecule has 0 aliphatic rings. The summed E-state index contributed by atoms with van der Waals surface area (Å²) in [6.07, 6.45) is 1.89. The Hall–Kier alpha value is -1.85. The van der Waals surface area contributed by atoms with Crippen molar-refractivity contribution in [3.63, 3.8) is 0 Å². The summed E-state index contributed by atoms with van der Waals surface area (Å²) >= 11 is 0. The van der Waals surface area contributed by atoms with Gasteiger partial charge in [-0.3, -0.25) is 4.79 Å². The van der Waals surface area contributed by atoms with E-state index in [4.69, 9.17) is 4.74 Å². The predicted molar refractivity (Wildman–Crippen MR) is 56.9 cm³/mol. The number of carbonyl (C=O) groups is 1. The van der Waals surface area contributed by atoms with Crippen LogP contribution in [0, 0.1) is 10.1 Å². The molecule has 1 unspecified atom stereocenters. The van der Waals surface area contributed by atoms with Crippen LogP contribution in [0.1, 0.15) is 20.3 Å². The lowest BCUT2D eigenvalue weighted by Crippen LogP contribution is -2.22. The van der Waals surface area contributed by atoms with Crippen molar-refractivity contribution in [1.82, 2.24) is 4.57 Å². The highest BCUT2D eigenvalue weighted by Gasteiger charge is 2.18. The van der Waals surface area contributed by atoms with Crippen LogP contribution < -0.4 is 0 Å². The number of esters is 1. The molecule has 0 aromatic carbocycles. The van der Waals surface area contributed by atoms with E-state index in [9.17, 15) is 14.9 Å². The first-order chi connectivity index (χ1) is 7.54. The first-order valence-electron chi connectivity index (χ1n) is 5.01. The van der Waals surface area contributed by atoms with Gasteiger partial charge in [0.05, 0.1) is 6.20 Å². The molecule has 0 spiro atoms. The first kappa shape index (κ1) is 12.2. The van der Waals surface area contributed by atoms with Gasteiger partial charge in [-0.25, -0.2) is 4.57 Å². The average molecular weight is 226 g/mol. The Kier molecular flexibility index (Phi) is 4.04. The van der Waals surface area contributed by atoms with Gasteiger partial charge < -0.3 is 14.9 Å². The zero-order valence-electron chi connectivity index (χ0n) is 9.25. The molecule has 0 amide bonds. The molecule has 0 aliphatic heterocycles. The monoisotopic (exact) mass is 226 g/mol. The lowest BCUT2D eigenvalue weighted by atomic mass is 10.3. The molecule has 1 heterocycles. The van der Waals surface area contributed by atoms with E-state index in [1.807, 2.05) is 6.92 Å². The van der Waals surface area contributed by atoms with E-state index < -0.39 is 4.92 Å². The molecule has 0 radical (unpaired) electrons. The minimum absolute atomic E-state index is 0.00519. The number of nitrogens with zero attached hydrogens (tertiary/aromatic N) is 2. The van der Waals surface area contributed by atoms with E-state index in [1.54, 1.807) is 12.3 Å². The molecule has 6 nitrogen and oxygen atoms in total. The molecule has 1 rings (SSSR count). The van der Waals surface area contributed by atoms with Crippen LogP contribution >= 0.6 is 0 Å². The van der Waals surface area contributed by atoms with Crippen molar-refractivity contribution in [3.05, 3.63) is 28.4 Å². The number of hydrogen-bond acceptors (Lipinski definition) is 4. The van der Waals surface area contributed by atoms with Crippen LogP contribution in [0.15, 0.2) is 18.3 Å². The average Bonchev–Trinajstić information content (AvgIpc) is 2.64. The molecule has 0 bridgehead atoms. The fraction of sp³-hybridized carbons (Fsp3) is 0.500. The van der Waals surface area contributed by atoms with Gasteiger partial charge in [0, 0.05) is 13.0 Å². The van der Waals surface area contributed by atoms with Gasteiger partial charge in [0.15, 0.2) is 0 Å². The third-order valence-electron chi connectivity index (χ3n) is 2.18. The molecule has 16 heavy (non-hydrogen) atoms. The normalized spacial score (nSPS) is 12.1. The lowest BCUT2D eigenvalue weighted by molar-refractivity contribution is -0.392.